The quantitative estimate of drug-likeness (QED) is 0.677. The van der Waals surface area contributed by atoms with Gasteiger partial charge in [0.05, 0.1) is 18.2 Å². The van der Waals surface area contributed by atoms with Crippen LogP contribution in [0.3, 0.4) is 0 Å². The van der Waals surface area contributed by atoms with E-state index in [1.165, 1.54) is 22.2 Å². The van der Waals surface area contributed by atoms with Crippen LogP contribution in [0.15, 0.2) is 30.5 Å². The Hall–Kier alpha value is -2.40. The smallest absolute Gasteiger partial charge is 0.153 e. The van der Waals surface area contributed by atoms with E-state index in [9.17, 15) is 4.39 Å². The summed E-state index contributed by atoms with van der Waals surface area (Å²) < 4.78 is 21.5. The molecule has 1 aromatic carbocycles. The van der Waals surface area contributed by atoms with Gasteiger partial charge < -0.3 is 14.2 Å². The minimum absolute atomic E-state index is 0.0777. The van der Waals surface area contributed by atoms with Gasteiger partial charge in [0.25, 0.3) is 0 Å². The molecule has 142 valence electrons. The number of aryl methyl sites for hydroxylation is 1. The van der Waals surface area contributed by atoms with Gasteiger partial charge in [0.1, 0.15) is 5.82 Å². The fraction of sp³-hybridized carbons (Fsp3) is 0.409. The largest absolute Gasteiger partial charge is 0.383 e. The maximum Gasteiger partial charge on any atom is 0.153 e. The molecule has 1 aliphatic rings. The van der Waals surface area contributed by atoms with Crippen LogP contribution in [-0.4, -0.2) is 29.8 Å². The summed E-state index contributed by atoms with van der Waals surface area (Å²) in [5, 5.41) is 1.23. The lowest BCUT2D eigenvalue weighted by Gasteiger charge is -2.36. The fourth-order valence-electron chi connectivity index (χ4n) is 4.32. The molecule has 5 heteroatoms. The van der Waals surface area contributed by atoms with Gasteiger partial charge in [-0.15, -0.1) is 0 Å². The van der Waals surface area contributed by atoms with Crippen LogP contribution in [0, 0.1) is 19.7 Å². The van der Waals surface area contributed by atoms with Crippen molar-refractivity contribution in [3.8, 4) is 0 Å². The average molecular weight is 367 g/mol. The van der Waals surface area contributed by atoms with Crippen molar-refractivity contribution in [1.82, 2.24) is 9.55 Å². The van der Waals surface area contributed by atoms with Crippen LogP contribution in [0.4, 0.5) is 10.2 Å². The lowest BCUT2D eigenvalue weighted by molar-refractivity contribution is 0.188. The van der Waals surface area contributed by atoms with Gasteiger partial charge in [-0.25, -0.2) is 9.37 Å². The predicted molar refractivity (Wildman–Crippen MR) is 107 cm³/mol. The normalized spacial score (nSPS) is 16.8. The van der Waals surface area contributed by atoms with Crippen LogP contribution in [-0.2, 0) is 17.7 Å². The number of anilines is 1. The van der Waals surface area contributed by atoms with E-state index in [0.29, 0.717) is 6.61 Å². The molecule has 0 radical (unpaired) electrons. The number of ether oxygens (including phenoxy) is 1. The van der Waals surface area contributed by atoms with E-state index >= 15 is 0 Å². The van der Waals surface area contributed by atoms with Crippen molar-refractivity contribution < 1.29 is 9.13 Å². The second-order valence-corrected chi connectivity index (χ2v) is 7.35. The standard InChI is InChI=1S/C22H26FN3O/c1-14-15(2)25(11-12-27-4)21-19(14)7-9-24-22(21)26-10-8-17-5-6-18(23)13-20(17)16(26)3/h5-7,9,13,16H,8,10-12H2,1-4H3. The van der Waals surface area contributed by atoms with E-state index in [2.05, 4.69) is 36.3 Å². The molecule has 3 heterocycles. The Balaban J connectivity index is 1.86. The Kier molecular flexibility index (Phi) is 4.64. The van der Waals surface area contributed by atoms with Gasteiger partial charge in [-0.1, -0.05) is 6.07 Å². The van der Waals surface area contributed by atoms with Crippen molar-refractivity contribution >= 4 is 16.7 Å². The minimum atomic E-state index is -0.177. The number of benzene rings is 1. The summed E-state index contributed by atoms with van der Waals surface area (Å²) in [6.07, 6.45) is 2.79. The van der Waals surface area contributed by atoms with Crippen LogP contribution < -0.4 is 4.90 Å². The van der Waals surface area contributed by atoms with E-state index in [0.717, 1.165) is 36.4 Å². The molecular formula is C22H26FN3O. The van der Waals surface area contributed by atoms with Crippen molar-refractivity contribution in [2.24, 2.45) is 0 Å². The van der Waals surface area contributed by atoms with Crippen LogP contribution in [0.1, 0.15) is 35.3 Å². The summed E-state index contributed by atoms with van der Waals surface area (Å²) in [5.74, 6) is 0.797. The number of hydrogen-bond acceptors (Lipinski definition) is 3. The van der Waals surface area contributed by atoms with E-state index in [-0.39, 0.29) is 11.9 Å². The van der Waals surface area contributed by atoms with Crippen molar-refractivity contribution in [3.63, 3.8) is 0 Å². The second-order valence-electron chi connectivity index (χ2n) is 7.35. The first-order valence-corrected chi connectivity index (χ1v) is 9.51. The zero-order chi connectivity index (χ0) is 19.1. The number of aromatic nitrogens is 2. The zero-order valence-electron chi connectivity index (χ0n) is 16.4. The number of methoxy groups -OCH3 is 1. The van der Waals surface area contributed by atoms with Crippen LogP contribution in [0.25, 0.3) is 10.9 Å². The Morgan fingerprint density at radius 3 is 2.85 bits per heavy atom. The van der Waals surface area contributed by atoms with E-state index in [4.69, 9.17) is 9.72 Å². The van der Waals surface area contributed by atoms with E-state index in [1.54, 1.807) is 19.2 Å². The summed E-state index contributed by atoms with van der Waals surface area (Å²) in [4.78, 5) is 7.08. The summed E-state index contributed by atoms with van der Waals surface area (Å²) in [7, 11) is 1.73. The highest BCUT2D eigenvalue weighted by Gasteiger charge is 2.28. The van der Waals surface area contributed by atoms with Gasteiger partial charge in [0.15, 0.2) is 5.82 Å². The number of halogens is 1. The molecule has 1 atom stereocenters. The summed E-state index contributed by atoms with van der Waals surface area (Å²) in [6.45, 7) is 8.77. The molecule has 27 heavy (non-hydrogen) atoms. The van der Waals surface area contributed by atoms with Gasteiger partial charge in [-0.05, 0) is 62.1 Å². The molecule has 0 aliphatic carbocycles. The van der Waals surface area contributed by atoms with Crippen LogP contribution in [0.5, 0.6) is 0 Å². The molecule has 1 unspecified atom stereocenters. The second kappa shape index (κ2) is 6.97. The molecule has 0 amide bonds. The van der Waals surface area contributed by atoms with Gasteiger partial charge in [-0.3, -0.25) is 0 Å². The van der Waals surface area contributed by atoms with Gasteiger partial charge in [0, 0.05) is 37.5 Å². The molecule has 3 aromatic rings. The fourth-order valence-corrected chi connectivity index (χ4v) is 4.32. The molecule has 0 spiro atoms. The first-order chi connectivity index (χ1) is 13.0. The monoisotopic (exact) mass is 367 g/mol. The third-order valence-electron chi connectivity index (χ3n) is 5.97. The molecule has 4 nitrogen and oxygen atoms in total. The molecule has 0 saturated carbocycles. The Labute approximate surface area is 159 Å². The first-order valence-electron chi connectivity index (χ1n) is 9.51. The van der Waals surface area contributed by atoms with Crippen molar-refractivity contribution in [2.45, 2.75) is 39.8 Å². The highest BCUT2D eigenvalue weighted by Crippen LogP contribution is 2.38. The minimum Gasteiger partial charge on any atom is -0.383 e. The molecule has 0 fully saturated rings. The first kappa shape index (κ1) is 18.0. The number of hydrogen-bond donors (Lipinski definition) is 0. The average Bonchev–Trinajstić information content (AvgIpc) is 2.92. The van der Waals surface area contributed by atoms with E-state index in [1.807, 2.05) is 12.3 Å². The molecule has 0 bridgehead atoms. The van der Waals surface area contributed by atoms with Gasteiger partial charge >= 0.3 is 0 Å². The Bertz CT molecular complexity index is 995. The molecule has 0 saturated heterocycles. The summed E-state index contributed by atoms with van der Waals surface area (Å²) in [5.41, 5.74) is 5.96. The highest BCUT2D eigenvalue weighted by atomic mass is 19.1. The Morgan fingerprint density at radius 2 is 2.07 bits per heavy atom. The third kappa shape index (κ3) is 2.90. The molecule has 1 aliphatic heterocycles. The van der Waals surface area contributed by atoms with Gasteiger partial charge in [0.2, 0.25) is 0 Å². The van der Waals surface area contributed by atoms with Crippen LogP contribution >= 0.6 is 0 Å². The summed E-state index contributed by atoms with van der Waals surface area (Å²) in [6, 6.07) is 7.32. The lowest BCUT2D eigenvalue weighted by Crippen LogP contribution is -2.35. The number of nitrogens with zero attached hydrogens (tertiary/aromatic N) is 3. The predicted octanol–water partition coefficient (Wildman–Crippen LogP) is 4.56. The highest BCUT2D eigenvalue weighted by molar-refractivity contribution is 5.93. The number of pyridine rings is 1. The van der Waals surface area contributed by atoms with Crippen molar-refractivity contribution in [2.75, 3.05) is 25.2 Å². The van der Waals surface area contributed by atoms with E-state index < -0.39 is 0 Å². The molecule has 2 aromatic heterocycles. The maximum atomic E-state index is 13.9. The summed E-state index contributed by atoms with van der Waals surface area (Å²) >= 11 is 0. The topological polar surface area (TPSA) is 30.3 Å². The molecule has 0 N–H and O–H groups in total. The SMILES string of the molecule is COCCn1c(C)c(C)c2ccnc(N3CCc4ccc(F)cc4C3C)c21. The lowest BCUT2D eigenvalue weighted by atomic mass is 9.93. The third-order valence-corrected chi connectivity index (χ3v) is 5.97. The van der Waals surface area contributed by atoms with Gasteiger partial charge in [-0.2, -0.15) is 0 Å². The molecule has 4 rings (SSSR count). The Morgan fingerprint density at radius 1 is 1.26 bits per heavy atom. The zero-order valence-corrected chi connectivity index (χ0v) is 16.4. The van der Waals surface area contributed by atoms with Crippen LogP contribution in [0.2, 0.25) is 0 Å². The maximum absolute atomic E-state index is 13.9. The van der Waals surface area contributed by atoms with Crippen molar-refractivity contribution in [3.05, 3.63) is 58.7 Å². The van der Waals surface area contributed by atoms with Crippen molar-refractivity contribution in [1.29, 1.82) is 0 Å². The number of rotatable bonds is 4. The molecular weight excluding hydrogens is 341 g/mol. The number of fused-ring (bicyclic) bond motifs is 2.